The highest BCUT2D eigenvalue weighted by Crippen LogP contribution is 2.21. The number of aromatic nitrogens is 2. The highest BCUT2D eigenvalue weighted by molar-refractivity contribution is 5.91. The minimum atomic E-state index is -0.311. The minimum absolute atomic E-state index is 0.0275. The maximum Gasteiger partial charge on any atom is 0.287 e. The monoisotopic (exact) mass is 359 g/mol. The van der Waals surface area contributed by atoms with Crippen LogP contribution in [0.5, 0.6) is 0 Å². The van der Waals surface area contributed by atoms with Gasteiger partial charge in [0.1, 0.15) is 5.76 Å². The molecule has 1 aliphatic heterocycles. The van der Waals surface area contributed by atoms with E-state index in [1.807, 2.05) is 30.9 Å². The zero-order valence-corrected chi connectivity index (χ0v) is 15.3. The summed E-state index contributed by atoms with van der Waals surface area (Å²) < 4.78 is 7.10. The molecule has 1 fully saturated rings. The summed E-state index contributed by atoms with van der Waals surface area (Å²) in [6.45, 7) is 4.97. The molecular weight excluding hydrogens is 334 g/mol. The number of hydrogen-bond donors (Lipinski definition) is 2. The van der Waals surface area contributed by atoms with E-state index in [9.17, 15) is 9.59 Å². The third kappa shape index (κ3) is 4.13. The summed E-state index contributed by atoms with van der Waals surface area (Å²) in [4.78, 5) is 31.1. The lowest BCUT2D eigenvalue weighted by atomic mass is 10.1. The molecule has 0 unspecified atom stereocenters. The van der Waals surface area contributed by atoms with E-state index < -0.39 is 0 Å². The smallest absolute Gasteiger partial charge is 0.287 e. The molecule has 0 spiro atoms. The third-order valence-electron chi connectivity index (χ3n) is 4.44. The molecule has 0 bridgehead atoms. The van der Waals surface area contributed by atoms with Crippen LogP contribution in [0, 0.1) is 0 Å². The standard InChI is InChI=1S/C18H25N5O3/c1-12(2)20-17(24)15-9-13(10-23(15)11-14-5-4-8-26-14)21-18(25)16-19-6-7-22(16)3/h4-8,12-13,15H,9-11H2,1-3H3,(H,20,24)(H,21,25)/t13-,15+/m1/s1. The molecule has 2 N–H and O–H groups in total. The summed E-state index contributed by atoms with van der Waals surface area (Å²) >= 11 is 0. The Morgan fingerprint density at radius 3 is 2.85 bits per heavy atom. The molecular formula is C18H25N5O3. The van der Waals surface area contributed by atoms with E-state index in [4.69, 9.17) is 4.42 Å². The molecule has 2 atom stereocenters. The van der Waals surface area contributed by atoms with Crippen LogP contribution in [0.25, 0.3) is 0 Å². The van der Waals surface area contributed by atoms with Gasteiger partial charge in [-0.25, -0.2) is 4.98 Å². The molecule has 3 rings (SSSR count). The van der Waals surface area contributed by atoms with Gasteiger partial charge < -0.3 is 19.6 Å². The molecule has 1 aliphatic rings. The van der Waals surface area contributed by atoms with Crippen molar-refractivity contribution in [2.75, 3.05) is 6.54 Å². The maximum atomic E-state index is 12.6. The van der Waals surface area contributed by atoms with Crippen LogP contribution in [0.1, 0.15) is 36.6 Å². The molecule has 0 aromatic carbocycles. The zero-order chi connectivity index (χ0) is 18.7. The first-order chi connectivity index (χ1) is 12.4. The van der Waals surface area contributed by atoms with E-state index in [0.717, 1.165) is 5.76 Å². The van der Waals surface area contributed by atoms with Crippen LogP contribution in [0.3, 0.4) is 0 Å². The highest BCUT2D eigenvalue weighted by atomic mass is 16.3. The van der Waals surface area contributed by atoms with E-state index in [0.29, 0.717) is 25.3 Å². The minimum Gasteiger partial charge on any atom is -0.468 e. The fraction of sp³-hybridized carbons (Fsp3) is 0.500. The number of nitrogens with zero attached hydrogens (tertiary/aromatic N) is 3. The quantitative estimate of drug-likeness (QED) is 0.800. The van der Waals surface area contributed by atoms with E-state index in [2.05, 4.69) is 15.6 Å². The molecule has 8 nitrogen and oxygen atoms in total. The average molecular weight is 359 g/mol. The van der Waals surface area contributed by atoms with E-state index in [1.165, 1.54) is 0 Å². The Kier molecular flexibility index (Phi) is 5.41. The number of nitrogens with one attached hydrogen (secondary N) is 2. The van der Waals surface area contributed by atoms with Gasteiger partial charge in [-0.3, -0.25) is 14.5 Å². The molecule has 1 saturated heterocycles. The lowest BCUT2D eigenvalue weighted by Gasteiger charge is -2.23. The molecule has 0 saturated carbocycles. The number of carbonyl (C=O) groups is 2. The molecule has 26 heavy (non-hydrogen) atoms. The normalized spacial score (nSPS) is 20.5. The van der Waals surface area contributed by atoms with Crippen molar-refractivity contribution in [1.82, 2.24) is 25.1 Å². The van der Waals surface area contributed by atoms with Gasteiger partial charge in [0.15, 0.2) is 5.82 Å². The average Bonchev–Trinajstić information content (AvgIpc) is 3.28. The number of furan rings is 1. The Labute approximate surface area is 152 Å². The van der Waals surface area contributed by atoms with Crippen molar-refractivity contribution in [1.29, 1.82) is 0 Å². The largest absolute Gasteiger partial charge is 0.468 e. The van der Waals surface area contributed by atoms with E-state index in [1.54, 1.807) is 30.3 Å². The summed E-state index contributed by atoms with van der Waals surface area (Å²) in [6, 6.07) is 3.34. The molecule has 3 heterocycles. The van der Waals surface area contributed by atoms with Gasteiger partial charge in [0.05, 0.1) is 18.8 Å². The van der Waals surface area contributed by atoms with Crippen LogP contribution in [-0.2, 0) is 18.4 Å². The number of aryl methyl sites for hydroxylation is 1. The first-order valence-corrected chi connectivity index (χ1v) is 8.79. The van der Waals surface area contributed by atoms with Crippen molar-refractivity contribution in [3.63, 3.8) is 0 Å². The zero-order valence-electron chi connectivity index (χ0n) is 15.3. The van der Waals surface area contributed by atoms with Gasteiger partial charge in [-0.15, -0.1) is 0 Å². The van der Waals surface area contributed by atoms with E-state index >= 15 is 0 Å². The van der Waals surface area contributed by atoms with Crippen molar-refractivity contribution in [2.24, 2.45) is 7.05 Å². The summed E-state index contributed by atoms with van der Waals surface area (Å²) in [5, 5.41) is 5.96. The SMILES string of the molecule is CC(C)NC(=O)[C@@H]1C[C@@H](NC(=O)c2nccn2C)CN1Cc1ccco1. The predicted molar refractivity (Wildman–Crippen MR) is 95.3 cm³/mol. The summed E-state index contributed by atoms with van der Waals surface area (Å²) in [6.07, 6.45) is 5.49. The number of imidazole rings is 1. The van der Waals surface area contributed by atoms with Gasteiger partial charge in [-0.2, -0.15) is 0 Å². The predicted octanol–water partition coefficient (Wildman–Crippen LogP) is 0.911. The van der Waals surface area contributed by atoms with Crippen molar-refractivity contribution in [3.8, 4) is 0 Å². The molecule has 8 heteroatoms. The summed E-state index contributed by atoms with van der Waals surface area (Å²) in [5.41, 5.74) is 0. The van der Waals surface area contributed by atoms with Crippen molar-refractivity contribution in [2.45, 2.75) is 44.9 Å². The Balaban J connectivity index is 1.69. The molecule has 0 aliphatic carbocycles. The van der Waals surface area contributed by atoms with Gasteiger partial charge in [0.25, 0.3) is 5.91 Å². The Hall–Kier alpha value is -2.61. The fourth-order valence-corrected chi connectivity index (χ4v) is 3.27. The second kappa shape index (κ2) is 7.74. The van der Waals surface area contributed by atoms with Gasteiger partial charge in [0.2, 0.25) is 5.91 Å². The van der Waals surface area contributed by atoms with Crippen LogP contribution in [0.15, 0.2) is 35.2 Å². The van der Waals surface area contributed by atoms with E-state index in [-0.39, 0.29) is 29.9 Å². The van der Waals surface area contributed by atoms with Gasteiger partial charge in [-0.05, 0) is 32.4 Å². The van der Waals surface area contributed by atoms with Crippen LogP contribution >= 0.6 is 0 Å². The first-order valence-electron chi connectivity index (χ1n) is 8.79. The number of hydrogen-bond acceptors (Lipinski definition) is 5. The molecule has 140 valence electrons. The van der Waals surface area contributed by atoms with Crippen LogP contribution < -0.4 is 10.6 Å². The summed E-state index contributed by atoms with van der Waals surface area (Å²) in [5.74, 6) is 0.895. The third-order valence-corrected chi connectivity index (χ3v) is 4.44. The molecule has 2 aromatic heterocycles. The lowest BCUT2D eigenvalue weighted by Crippen LogP contribution is -2.45. The molecule has 0 radical (unpaired) electrons. The topological polar surface area (TPSA) is 92.4 Å². The van der Waals surface area contributed by atoms with Crippen molar-refractivity contribution >= 4 is 11.8 Å². The van der Waals surface area contributed by atoms with Crippen molar-refractivity contribution < 1.29 is 14.0 Å². The van der Waals surface area contributed by atoms with Crippen LogP contribution in [0.2, 0.25) is 0 Å². The Morgan fingerprint density at radius 2 is 2.23 bits per heavy atom. The number of likely N-dealkylation sites (tertiary alicyclic amines) is 1. The van der Waals surface area contributed by atoms with Crippen molar-refractivity contribution in [3.05, 3.63) is 42.4 Å². The lowest BCUT2D eigenvalue weighted by molar-refractivity contribution is -0.126. The Morgan fingerprint density at radius 1 is 1.42 bits per heavy atom. The number of rotatable bonds is 6. The second-order valence-electron chi connectivity index (χ2n) is 6.96. The first kappa shape index (κ1) is 18.2. The molecule has 2 aromatic rings. The second-order valence-corrected chi connectivity index (χ2v) is 6.96. The summed E-state index contributed by atoms with van der Waals surface area (Å²) in [7, 11) is 1.78. The highest BCUT2D eigenvalue weighted by Gasteiger charge is 2.38. The maximum absolute atomic E-state index is 12.6. The van der Waals surface area contributed by atoms with Gasteiger partial charge in [-0.1, -0.05) is 0 Å². The van der Waals surface area contributed by atoms with Crippen LogP contribution in [-0.4, -0.2) is 50.9 Å². The number of carbonyl (C=O) groups excluding carboxylic acids is 2. The van der Waals surface area contributed by atoms with Gasteiger partial charge in [0, 0.05) is 38.1 Å². The fourth-order valence-electron chi connectivity index (χ4n) is 3.27. The molecule has 2 amide bonds. The number of amides is 2. The van der Waals surface area contributed by atoms with Gasteiger partial charge >= 0.3 is 0 Å². The Bertz CT molecular complexity index is 753. The van der Waals surface area contributed by atoms with Crippen LogP contribution in [0.4, 0.5) is 0 Å².